The van der Waals surface area contributed by atoms with Gasteiger partial charge in [-0.05, 0) is 42.3 Å². The number of fused-ring (bicyclic) bond motifs is 2. The van der Waals surface area contributed by atoms with Gasteiger partial charge in [0.15, 0.2) is 11.5 Å². The molecule has 0 radical (unpaired) electrons. The summed E-state index contributed by atoms with van der Waals surface area (Å²) in [6, 6.07) is 10.2. The molecule has 0 saturated heterocycles. The third-order valence-corrected chi connectivity index (χ3v) is 4.83. The molecule has 4 rings (SSSR count). The van der Waals surface area contributed by atoms with Gasteiger partial charge in [0.1, 0.15) is 5.92 Å². The Morgan fingerprint density at radius 2 is 1.96 bits per heavy atom. The first kappa shape index (κ1) is 17.9. The Hall–Kier alpha value is -3.48. The van der Waals surface area contributed by atoms with E-state index in [0.717, 1.165) is 22.0 Å². The van der Waals surface area contributed by atoms with Gasteiger partial charge in [-0.1, -0.05) is 12.1 Å². The number of carbonyl (C=O) groups excluding carboxylic acids is 1. The van der Waals surface area contributed by atoms with Crippen LogP contribution in [0.15, 0.2) is 42.6 Å². The first-order valence-corrected chi connectivity index (χ1v) is 8.88. The van der Waals surface area contributed by atoms with E-state index in [1.807, 2.05) is 23.9 Å². The Morgan fingerprint density at radius 3 is 2.71 bits per heavy atom. The molecule has 0 aliphatic carbocycles. The van der Waals surface area contributed by atoms with E-state index in [1.165, 1.54) is 6.07 Å². The molecule has 1 aliphatic rings. The number of rotatable bonds is 5. The monoisotopic (exact) mass is 381 g/mol. The van der Waals surface area contributed by atoms with Crippen LogP contribution in [0, 0.1) is 0 Å². The summed E-state index contributed by atoms with van der Waals surface area (Å²) < 4.78 is 18.0. The lowest BCUT2D eigenvalue weighted by atomic mass is 9.90. The molecule has 0 spiro atoms. The normalized spacial score (nSPS) is 13.5. The van der Waals surface area contributed by atoms with E-state index in [9.17, 15) is 14.7 Å². The third kappa shape index (κ3) is 2.94. The minimum absolute atomic E-state index is 0.148. The molecule has 1 unspecified atom stereocenters. The second-order valence-electron chi connectivity index (χ2n) is 6.53. The van der Waals surface area contributed by atoms with Gasteiger partial charge < -0.3 is 23.9 Å². The van der Waals surface area contributed by atoms with Crippen molar-refractivity contribution in [1.29, 1.82) is 0 Å². The van der Waals surface area contributed by atoms with E-state index in [1.54, 1.807) is 31.2 Å². The summed E-state index contributed by atoms with van der Waals surface area (Å²) in [7, 11) is 1.82. The first-order valence-electron chi connectivity index (χ1n) is 8.88. The number of esters is 1. The Morgan fingerprint density at radius 1 is 1.18 bits per heavy atom. The van der Waals surface area contributed by atoms with Crippen LogP contribution in [0.4, 0.5) is 0 Å². The quantitative estimate of drug-likeness (QED) is 0.683. The molecule has 2 heterocycles. The molecule has 1 aliphatic heterocycles. The maximum atomic E-state index is 12.9. The lowest BCUT2D eigenvalue weighted by Crippen LogP contribution is -2.17. The molecule has 0 fully saturated rings. The van der Waals surface area contributed by atoms with Gasteiger partial charge >= 0.3 is 11.9 Å². The SMILES string of the molecule is CCOC(=O)C(c1ccc2c(c1)OCO2)c1cn(C)c2cc(C(=O)O)ccc12. The van der Waals surface area contributed by atoms with Gasteiger partial charge in [0.2, 0.25) is 6.79 Å². The number of carboxylic acid groups (broad SMARTS) is 1. The zero-order valence-electron chi connectivity index (χ0n) is 15.5. The zero-order valence-corrected chi connectivity index (χ0v) is 15.5. The van der Waals surface area contributed by atoms with Gasteiger partial charge in [0.05, 0.1) is 12.2 Å². The maximum Gasteiger partial charge on any atom is 0.335 e. The number of nitrogens with zero attached hydrogens (tertiary/aromatic N) is 1. The fourth-order valence-electron chi connectivity index (χ4n) is 3.54. The van der Waals surface area contributed by atoms with Crippen LogP contribution in [0.25, 0.3) is 10.9 Å². The van der Waals surface area contributed by atoms with Gasteiger partial charge in [-0.25, -0.2) is 4.79 Å². The average Bonchev–Trinajstić information content (AvgIpc) is 3.26. The van der Waals surface area contributed by atoms with E-state index in [0.29, 0.717) is 11.5 Å². The van der Waals surface area contributed by atoms with Gasteiger partial charge in [0.25, 0.3) is 0 Å². The highest BCUT2D eigenvalue weighted by Gasteiger charge is 2.29. The summed E-state index contributed by atoms with van der Waals surface area (Å²) in [4.78, 5) is 24.2. The lowest BCUT2D eigenvalue weighted by molar-refractivity contribution is -0.143. The van der Waals surface area contributed by atoms with Crippen LogP contribution < -0.4 is 9.47 Å². The molecule has 144 valence electrons. The van der Waals surface area contributed by atoms with Gasteiger partial charge in [0, 0.05) is 24.1 Å². The fourth-order valence-corrected chi connectivity index (χ4v) is 3.54. The average molecular weight is 381 g/mol. The number of aromatic carboxylic acids is 1. The van der Waals surface area contributed by atoms with Gasteiger partial charge in [-0.15, -0.1) is 0 Å². The van der Waals surface area contributed by atoms with Crippen molar-refractivity contribution in [3.05, 3.63) is 59.3 Å². The number of carboxylic acids is 1. The molecule has 1 N–H and O–H groups in total. The second kappa shape index (κ2) is 6.92. The molecular weight excluding hydrogens is 362 g/mol. The topological polar surface area (TPSA) is 87.0 Å². The Kier molecular flexibility index (Phi) is 4.43. The van der Waals surface area contributed by atoms with Crippen molar-refractivity contribution in [2.45, 2.75) is 12.8 Å². The van der Waals surface area contributed by atoms with E-state index in [2.05, 4.69) is 0 Å². The highest BCUT2D eigenvalue weighted by molar-refractivity contribution is 5.97. The van der Waals surface area contributed by atoms with Crippen LogP contribution in [0.5, 0.6) is 11.5 Å². The summed E-state index contributed by atoms with van der Waals surface area (Å²) in [5.41, 5.74) is 2.38. The van der Waals surface area contributed by atoms with Crippen molar-refractivity contribution in [1.82, 2.24) is 4.57 Å². The van der Waals surface area contributed by atoms with E-state index in [4.69, 9.17) is 14.2 Å². The highest BCUT2D eigenvalue weighted by atomic mass is 16.7. The van der Waals surface area contributed by atoms with Crippen molar-refractivity contribution >= 4 is 22.8 Å². The number of aromatic nitrogens is 1. The molecule has 7 heteroatoms. The number of carbonyl (C=O) groups is 2. The summed E-state index contributed by atoms with van der Waals surface area (Å²) >= 11 is 0. The molecule has 0 saturated carbocycles. The Bertz CT molecular complexity index is 1080. The van der Waals surface area contributed by atoms with Crippen molar-refractivity contribution < 1.29 is 28.9 Å². The first-order chi connectivity index (χ1) is 13.5. The number of hydrogen-bond donors (Lipinski definition) is 1. The fraction of sp³-hybridized carbons (Fsp3) is 0.238. The molecule has 28 heavy (non-hydrogen) atoms. The standard InChI is InChI=1S/C21H19NO6/c1-3-26-21(25)19(12-5-7-17-18(9-12)28-11-27-17)15-10-22(2)16-8-13(20(23)24)4-6-14(15)16/h4-10,19H,3,11H2,1-2H3,(H,23,24). The minimum Gasteiger partial charge on any atom is -0.478 e. The van der Waals surface area contributed by atoms with Crippen LogP contribution in [0.3, 0.4) is 0 Å². The van der Waals surface area contributed by atoms with Gasteiger partial charge in [-0.2, -0.15) is 0 Å². The van der Waals surface area contributed by atoms with Crippen LogP contribution in [0.1, 0.15) is 34.3 Å². The predicted molar refractivity (Wildman–Crippen MR) is 101 cm³/mol. The number of aryl methyl sites for hydroxylation is 1. The number of hydrogen-bond acceptors (Lipinski definition) is 5. The van der Waals surface area contributed by atoms with Gasteiger partial charge in [-0.3, -0.25) is 4.79 Å². The third-order valence-electron chi connectivity index (χ3n) is 4.83. The summed E-state index contributed by atoms with van der Waals surface area (Å²) in [6.45, 7) is 2.17. The molecular formula is C21H19NO6. The Labute approximate surface area is 161 Å². The van der Waals surface area contributed by atoms with E-state index < -0.39 is 11.9 Å². The van der Waals surface area contributed by atoms with Crippen molar-refractivity contribution in [3.63, 3.8) is 0 Å². The summed E-state index contributed by atoms with van der Waals surface area (Å²) in [5.74, 6) is -0.831. The molecule has 2 aromatic carbocycles. The van der Waals surface area contributed by atoms with E-state index >= 15 is 0 Å². The summed E-state index contributed by atoms with van der Waals surface area (Å²) in [5, 5.41) is 10.1. The number of ether oxygens (including phenoxy) is 3. The molecule has 0 amide bonds. The van der Waals surface area contributed by atoms with Crippen LogP contribution in [-0.4, -0.2) is 35.0 Å². The Balaban J connectivity index is 1.88. The largest absolute Gasteiger partial charge is 0.478 e. The molecule has 7 nitrogen and oxygen atoms in total. The van der Waals surface area contributed by atoms with Crippen LogP contribution >= 0.6 is 0 Å². The molecule has 0 bridgehead atoms. The van der Waals surface area contributed by atoms with Crippen LogP contribution in [-0.2, 0) is 16.6 Å². The molecule has 1 atom stereocenters. The zero-order chi connectivity index (χ0) is 19.8. The number of benzene rings is 2. The maximum absolute atomic E-state index is 12.9. The van der Waals surface area contributed by atoms with E-state index in [-0.39, 0.29) is 24.9 Å². The van der Waals surface area contributed by atoms with Crippen molar-refractivity contribution in [3.8, 4) is 11.5 Å². The smallest absolute Gasteiger partial charge is 0.335 e. The minimum atomic E-state index is -0.998. The highest BCUT2D eigenvalue weighted by Crippen LogP contribution is 2.39. The molecule has 1 aromatic heterocycles. The molecule has 3 aromatic rings. The van der Waals surface area contributed by atoms with Crippen molar-refractivity contribution in [2.24, 2.45) is 7.05 Å². The predicted octanol–water partition coefficient (Wildman–Crippen LogP) is 3.30. The van der Waals surface area contributed by atoms with Crippen LogP contribution in [0.2, 0.25) is 0 Å². The lowest BCUT2D eigenvalue weighted by Gasteiger charge is -2.16. The summed E-state index contributed by atoms with van der Waals surface area (Å²) in [6.07, 6.45) is 1.84. The van der Waals surface area contributed by atoms with Crippen molar-refractivity contribution in [2.75, 3.05) is 13.4 Å². The second-order valence-corrected chi connectivity index (χ2v) is 6.53.